The van der Waals surface area contributed by atoms with Crippen LogP contribution in [0.4, 0.5) is 0 Å². The second-order valence-electron chi connectivity index (χ2n) is 7.02. The van der Waals surface area contributed by atoms with Crippen molar-refractivity contribution in [2.45, 2.75) is 57.0 Å². The molecule has 1 aromatic rings. The maximum Gasteiger partial charge on any atom is 0.220 e. The monoisotopic (exact) mass is 354 g/mol. The molecule has 5 heteroatoms. The highest BCUT2D eigenvalue weighted by Gasteiger charge is 2.39. The molecule has 2 bridgehead atoms. The van der Waals surface area contributed by atoms with Crippen molar-refractivity contribution in [3.63, 3.8) is 0 Å². The van der Waals surface area contributed by atoms with Gasteiger partial charge in [-0.1, -0.05) is 35.7 Å². The van der Waals surface area contributed by atoms with Crippen molar-refractivity contribution in [1.82, 2.24) is 5.32 Å². The van der Waals surface area contributed by atoms with Gasteiger partial charge in [0.1, 0.15) is 0 Å². The summed E-state index contributed by atoms with van der Waals surface area (Å²) in [6.45, 7) is 0. The van der Waals surface area contributed by atoms with E-state index in [0.29, 0.717) is 46.8 Å². The van der Waals surface area contributed by atoms with E-state index < -0.39 is 0 Å². The van der Waals surface area contributed by atoms with Crippen LogP contribution in [0.3, 0.4) is 0 Å². The first kappa shape index (κ1) is 17.1. The molecule has 2 fully saturated rings. The molecular weight excluding hydrogens is 331 g/mol. The Morgan fingerprint density at radius 1 is 1.17 bits per heavy atom. The highest BCUT2D eigenvalue weighted by molar-refractivity contribution is 6.42. The zero-order valence-corrected chi connectivity index (χ0v) is 14.7. The average molecular weight is 355 g/mol. The quantitative estimate of drug-likeness (QED) is 0.859. The van der Waals surface area contributed by atoms with E-state index in [0.717, 1.165) is 18.4 Å². The number of hydrogen-bond acceptors (Lipinski definition) is 2. The molecule has 0 spiro atoms. The SMILES string of the molecule is NC1CC2CCCC(C1)C2NC(=O)CCc1ccc(Cl)c(Cl)c1. The van der Waals surface area contributed by atoms with E-state index in [9.17, 15) is 4.79 Å². The Labute approximate surface area is 147 Å². The van der Waals surface area contributed by atoms with Gasteiger partial charge < -0.3 is 11.1 Å². The number of benzene rings is 1. The van der Waals surface area contributed by atoms with E-state index in [4.69, 9.17) is 28.9 Å². The van der Waals surface area contributed by atoms with Crippen LogP contribution in [-0.2, 0) is 11.2 Å². The molecule has 2 unspecified atom stereocenters. The number of hydrogen-bond donors (Lipinski definition) is 2. The molecule has 0 saturated heterocycles. The first-order chi connectivity index (χ1) is 11.0. The molecule has 3 rings (SSSR count). The van der Waals surface area contributed by atoms with Crippen LogP contribution in [0.15, 0.2) is 18.2 Å². The predicted molar refractivity (Wildman–Crippen MR) is 94.8 cm³/mol. The molecule has 2 aliphatic rings. The van der Waals surface area contributed by atoms with Crippen LogP contribution in [0.2, 0.25) is 10.0 Å². The van der Waals surface area contributed by atoms with Crippen LogP contribution in [0.25, 0.3) is 0 Å². The molecule has 2 aliphatic carbocycles. The summed E-state index contributed by atoms with van der Waals surface area (Å²) in [5.41, 5.74) is 7.19. The average Bonchev–Trinajstić information content (AvgIpc) is 2.49. The summed E-state index contributed by atoms with van der Waals surface area (Å²) < 4.78 is 0. The Hall–Kier alpha value is -0.770. The van der Waals surface area contributed by atoms with Crippen LogP contribution in [0, 0.1) is 11.8 Å². The van der Waals surface area contributed by atoms with Crippen molar-refractivity contribution in [2.24, 2.45) is 17.6 Å². The maximum absolute atomic E-state index is 12.3. The minimum Gasteiger partial charge on any atom is -0.353 e. The van der Waals surface area contributed by atoms with E-state index in [1.165, 1.54) is 19.3 Å². The number of aryl methyl sites for hydroxylation is 1. The highest BCUT2D eigenvalue weighted by Crippen LogP contribution is 2.39. The maximum atomic E-state index is 12.3. The normalized spacial score (nSPS) is 30.0. The standard InChI is InChI=1S/C18H24Cl2N2O/c19-15-6-4-11(8-16(15)20)5-7-17(23)22-18-12-2-1-3-13(18)10-14(21)9-12/h4,6,8,12-14,18H,1-3,5,7,9-10,21H2,(H,22,23). The summed E-state index contributed by atoms with van der Waals surface area (Å²) in [5.74, 6) is 1.26. The van der Waals surface area contributed by atoms with Crippen molar-refractivity contribution in [3.05, 3.63) is 33.8 Å². The summed E-state index contributed by atoms with van der Waals surface area (Å²) >= 11 is 11.9. The van der Waals surface area contributed by atoms with Crippen LogP contribution in [0.1, 0.15) is 44.1 Å². The molecule has 2 atom stereocenters. The van der Waals surface area contributed by atoms with Gasteiger partial charge >= 0.3 is 0 Å². The summed E-state index contributed by atoms with van der Waals surface area (Å²) in [7, 11) is 0. The van der Waals surface area contributed by atoms with Gasteiger partial charge in [0, 0.05) is 18.5 Å². The number of rotatable bonds is 4. The zero-order valence-electron chi connectivity index (χ0n) is 13.2. The minimum atomic E-state index is 0.133. The number of halogens is 2. The van der Waals surface area contributed by atoms with Gasteiger partial charge in [-0.05, 0) is 61.6 Å². The summed E-state index contributed by atoms with van der Waals surface area (Å²) in [6, 6.07) is 6.19. The van der Waals surface area contributed by atoms with Crippen molar-refractivity contribution >= 4 is 29.1 Å². The molecule has 3 N–H and O–H groups in total. The van der Waals surface area contributed by atoms with Gasteiger partial charge in [-0.2, -0.15) is 0 Å². The van der Waals surface area contributed by atoms with Gasteiger partial charge in [-0.25, -0.2) is 0 Å². The summed E-state index contributed by atoms with van der Waals surface area (Å²) in [4.78, 5) is 12.3. The second-order valence-corrected chi connectivity index (χ2v) is 7.84. The lowest BCUT2D eigenvalue weighted by Crippen LogP contribution is -2.53. The van der Waals surface area contributed by atoms with E-state index in [-0.39, 0.29) is 5.91 Å². The van der Waals surface area contributed by atoms with Crippen LogP contribution >= 0.6 is 23.2 Å². The van der Waals surface area contributed by atoms with E-state index in [1.54, 1.807) is 6.07 Å². The van der Waals surface area contributed by atoms with Crippen molar-refractivity contribution in [3.8, 4) is 0 Å². The van der Waals surface area contributed by atoms with Gasteiger partial charge in [0.25, 0.3) is 0 Å². The molecule has 0 aliphatic heterocycles. The highest BCUT2D eigenvalue weighted by atomic mass is 35.5. The number of carbonyl (C=O) groups is 1. The Kier molecular flexibility index (Phi) is 5.50. The molecule has 2 saturated carbocycles. The number of nitrogens with two attached hydrogens (primary N) is 1. The molecule has 1 aromatic carbocycles. The lowest BCUT2D eigenvalue weighted by molar-refractivity contribution is -0.123. The lowest BCUT2D eigenvalue weighted by atomic mass is 9.67. The first-order valence-electron chi connectivity index (χ1n) is 8.52. The topological polar surface area (TPSA) is 55.1 Å². The Balaban J connectivity index is 1.54. The third kappa shape index (κ3) is 4.20. The van der Waals surface area contributed by atoms with Gasteiger partial charge in [-0.3, -0.25) is 4.79 Å². The number of nitrogens with one attached hydrogen (secondary N) is 1. The first-order valence-corrected chi connectivity index (χ1v) is 9.27. The molecule has 126 valence electrons. The molecule has 3 nitrogen and oxygen atoms in total. The number of amides is 1. The fourth-order valence-electron chi connectivity index (χ4n) is 4.24. The Morgan fingerprint density at radius 3 is 2.52 bits per heavy atom. The number of fused-ring (bicyclic) bond motifs is 2. The van der Waals surface area contributed by atoms with Crippen molar-refractivity contribution < 1.29 is 4.79 Å². The largest absolute Gasteiger partial charge is 0.353 e. The number of carbonyl (C=O) groups excluding carboxylic acids is 1. The Morgan fingerprint density at radius 2 is 1.87 bits per heavy atom. The van der Waals surface area contributed by atoms with Gasteiger partial charge in [0.2, 0.25) is 5.91 Å². The second kappa shape index (κ2) is 7.42. The molecule has 23 heavy (non-hydrogen) atoms. The zero-order chi connectivity index (χ0) is 16.4. The third-order valence-corrected chi connectivity index (χ3v) is 6.07. The fraction of sp³-hybridized carbons (Fsp3) is 0.611. The minimum absolute atomic E-state index is 0.133. The van der Waals surface area contributed by atoms with E-state index in [2.05, 4.69) is 5.32 Å². The molecule has 0 radical (unpaired) electrons. The summed E-state index contributed by atoms with van der Waals surface area (Å²) in [6.07, 6.45) is 6.94. The van der Waals surface area contributed by atoms with Crippen LogP contribution < -0.4 is 11.1 Å². The van der Waals surface area contributed by atoms with Gasteiger partial charge in [-0.15, -0.1) is 0 Å². The van der Waals surface area contributed by atoms with E-state index >= 15 is 0 Å². The van der Waals surface area contributed by atoms with Crippen molar-refractivity contribution in [2.75, 3.05) is 0 Å². The van der Waals surface area contributed by atoms with E-state index in [1.807, 2.05) is 12.1 Å². The van der Waals surface area contributed by atoms with Crippen molar-refractivity contribution in [1.29, 1.82) is 0 Å². The molecule has 0 aromatic heterocycles. The smallest absolute Gasteiger partial charge is 0.220 e. The van der Waals surface area contributed by atoms with Gasteiger partial charge in [0.15, 0.2) is 0 Å². The van der Waals surface area contributed by atoms with Gasteiger partial charge in [0.05, 0.1) is 10.0 Å². The molecule has 1 amide bonds. The Bertz CT molecular complexity index is 564. The van der Waals surface area contributed by atoms with Crippen LogP contribution in [-0.4, -0.2) is 18.0 Å². The van der Waals surface area contributed by atoms with Crippen LogP contribution in [0.5, 0.6) is 0 Å². The summed E-state index contributed by atoms with van der Waals surface area (Å²) in [5, 5.41) is 4.37. The molecule has 0 heterocycles. The predicted octanol–water partition coefficient (Wildman–Crippen LogP) is 3.95. The fourth-order valence-corrected chi connectivity index (χ4v) is 4.56. The third-order valence-electron chi connectivity index (χ3n) is 5.33. The molecular formula is C18H24Cl2N2O. The lowest BCUT2D eigenvalue weighted by Gasteiger charge is -2.45.